The predicted octanol–water partition coefficient (Wildman–Crippen LogP) is 5.13. The minimum atomic E-state index is -3.35. The van der Waals surface area contributed by atoms with Crippen LogP contribution >= 0.6 is 22.6 Å². The van der Waals surface area contributed by atoms with Crippen LogP contribution in [0.3, 0.4) is 0 Å². The number of halogens is 3. The van der Waals surface area contributed by atoms with Crippen molar-refractivity contribution < 1.29 is 18.3 Å². The molecule has 0 aliphatic rings. The Morgan fingerprint density at radius 1 is 1.16 bits per heavy atom. The van der Waals surface area contributed by atoms with E-state index in [1.54, 1.807) is 0 Å². The van der Waals surface area contributed by atoms with E-state index in [4.69, 9.17) is 0 Å². The first-order valence-electron chi connectivity index (χ1n) is 7.04. The second-order valence-electron chi connectivity index (χ2n) is 4.91. The number of hydrogen-bond acceptors (Lipinski definition) is 2. The number of alkyl halides is 3. The van der Waals surface area contributed by atoms with Crippen LogP contribution in [0.5, 0.6) is 0 Å². The lowest BCUT2D eigenvalue weighted by Crippen LogP contribution is -2.32. The standard InChI is InChI=1S/C14H25F2IO2/c1-3-4-5-6-7-8-9-10-12(17)11-14(15,16)13(18)19-2/h12H,3-11H2,1-2H3. The molecule has 114 valence electrons. The topological polar surface area (TPSA) is 26.3 Å². The molecule has 0 aliphatic carbocycles. The zero-order valence-corrected chi connectivity index (χ0v) is 14.0. The number of carbonyl (C=O) groups excluding carboxylic acids is 1. The largest absolute Gasteiger partial charge is 0.465 e. The van der Waals surface area contributed by atoms with Gasteiger partial charge in [-0.05, 0) is 6.42 Å². The van der Waals surface area contributed by atoms with E-state index in [1.165, 1.54) is 32.1 Å². The highest BCUT2D eigenvalue weighted by molar-refractivity contribution is 14.1. The van der Waals surface area contributed by atoms with Gasteiger partial charge in [0, 0.05) is 10.3 Å². The second kappa shape index (κ2) is 10.8. The summed E-state index contributed by atoms with van der Waals surface area (Å²) in [7, 11) is 0.995. The quantitative estimate of drug-likeness (QED) is 0.212. The van der Waals surface area contributed by atoms with Crippen LogP contribution in [-0.4, -0.2) is 22.9 Å². The van der Waals surface area contributed by atoms with Crippen molar-refractivity contribution in [3.8, 4) is 0 Å². The summed E-state index contributed by atoms with van der Waals surface area (Å²) in [5, 5.41) is 0. The van der Waals surface area contributed by atoms with Crippen LogP contribution in [0.15, 0.2) is 0 Å². The third kappa shape index (κ3) is 9.57. The van der Waals surface area contributed by atoms with Crippen LogP contribution in [0.2, 0.25) is 0 Å². The third-order valence-electron chi connectivity index (χ3n) is 3.08. The lowest BCUT2D eigenvalue weighted by Gasteiger charge is -2.17. The van der Waals surface area contributed by atoms with Crippen molar-refractivity contribution in [2.45, 2.75) is 74.6 Å². The first-order valence-corrected chi connectivity index (χ1v) is 8.29. The number of esters is 1. The summed E-state index contributed by atoms with van der Waals surface area (Å²) in [4.78, 5) is 10.9. The molecule has 0 fully saturated rings. The van der Waals surface area contributed by atoms with Crippen molar-refractivity contribution in [2.24, 2.45) is 0 Å². The van der Waals surface area contributed by atoms with Crippen molar-refractivity contribution in [2.75, 3.05) is 7.11 Å². The van der Waals surface area contributed by atoms with E-state index in [0.29, 0.717) is 0 Å². The molecule has 19 heavy (non-hydrogen) atoms. The maximum Gasteiger partial charge on any atom is 0.376 e. The van der Waals surface area contributed by atoms with Gasteiger partial charge >= 0.3 is 11.9 Å². The Hall–Kier alpha value is 0.0600. The fourth-order valence-electron chi connectivity index (χ4n) is 1.94. The second-order valence-corrected chi connectivity index (χ2v) is 6.67. The van der Waals surface area contributed by atoms with E-state index < -0.39 is 18.3 Å². The van der Waals surface area contributed by atoms with Crippen molar-refractivity contribution in [3.05, 3.63) is 0 Å². The molecule has 2 nitrogen and oxygen atoms in total. The summed E-state index contributed by atoms with van der Waals surface area (Å²) in [6, 6.07) is 0. The molecule has 0 amide bonds. The fraction of sp³-hybridized carbons (Fsp3) is 0.929. The van der Waals surface area contributed by atoms with Crippen molar-refractivity contribution >= 4 is 28.6 Å². The zero-order valence-electron chi connectivity index (χ0n) is 11.9. The van der Waals surface area contributed by atoms with E-state index in [2.05, 4.69) is 11.7 Å². The summed E-state index contributed by atoms with van der Waals surface area (Å²) in [6.45, 7) is 2.18. The molecule has 0 radical (unpaired) electrons. The van der Waals surface area contributed by atoms with Gasteiger partial charge < -0.3 is 4.74 Å². The van der Waals surface area contributed by atoms with Gasteiger partial charge in [-0.15, -0.1) is 0 Å². The van der Waals surface area contributed by atoms with E-state index in [1.807, 2.05) is 22.6 Å². The first kappa shape index (κ1) is 19.1. The van der Waals surface area contributed by atoms with Crippen molar-refractivity contribution in [1.82, 2.24) is 0 Å². The Morgan fingerprint density at radius 2 is 1.68 bits per heavy atom. The molecular formula is C14H25F2IO2. The van der Waals surface area contributed by atoms with E-state index in [9.17, 15) is 13.6 Å². The highest BCUT2D eigenvalue weighted by Crippen LogP contribution is 2.28. The number of rotatable bonds is 11. The molecule has 0 rings (SSSR count). The molecule has 1 atom stereocenters. The summed E-state index contributed by atoms with van der Waals surface area (Å²) in [5.41, 5.74) is 0. The van der Waals surface area contributed by atoms with Gasteiger partial charge in [0.05, 0.1) is 7.11 Å². The zero-order chi connectivity index (χ0) is 14.7. The summed E-state index contributed by atoms with van der Waals surface area (Å²) in [5.74, 6) is -4.77. The predicted molar refractivity (Wildman–Crippen MR) is 82.0 cm³/mol. The smallest absolute Gasteiger partial charge is 0.376 e. The van der Waals surface area contributed by atoms with Crippen molar-refractivity contribution in [3.63, 3.8) is 0 Å². The summed E-state index contributed by atoms with van der Waals surface area (Å²) < 4.78 is 30.5. The number of carbonyl (C=O) groups is 1. The van der Waals surface area contributed by atoms with Gasteiger partial charge in [-0.3, -0.25) is 0 Å². The average Bonchev–Trinajstić information content (AvgIpc) is 2.36. The first-order chi connectivity index (χ1) is 8.94. The molecule has 0 heterocycles. The molecule has 0 aromatic carbocycles. The Kier molecular flexibility index (Phi) is 10.8. The highest BCUT2D eigenvalue weighted by Gasteiger charge is 2.41. The number of hydrogen-bond donors (Lipinski definition) is 0. The van der Waals surface area contributed by atoms with Crippen LogP contribution < -0.4 is 0 Å². The third-order valence-corrected chi connectivity index (χ3v) is 4.15. The van der Waals surface area contributed by atoms with Crippen LogP contribution in [0.1, 0.15) is 64.7 Å². The molecule has 0 bridgehead atoms. The molecule has 0 N–H and O–H groups in total. The molecule has 0 saturated carbocycles. The molecule has 0 aliphatic heterocycles. The number of ether oxygens (including phenoxy) is 1. The van der Waals surface area contributed by atoms with Crippen LogP contribution in [0, 0.1) is 0 Å². The fourth-order valence-corrected chi connectivity index (χ4v) is 2.93. The molecule has 0 spiro atoms. The maximum atomic E-state index is 13.3. The lowest BCUT2D eigenvalue weighted by molar-refractivity contribution is -0.169. The van der Waals surface area contributed by atoms with E-state index in [-0.39, 0.29) is 3.92 Å². The van der Waals surface area contributed by atoms with E-state index in [0.717, 1.165) is 26.4 Å². The minimum Gasteiger partial charge on any atom is -0.465 e. The summed E-state index contributed by atoms with van der Waals surface area (Å²) in [6.07, 6.45) is 8.55. The van der Waals surface area contributed by atoms with Crippen LogP contribution in [-0.2, 0) is 9.53 Å². The van der Waals surface area contributed by atoms with E-state index >= 15 is 0 Å². The lowest BCUT2D eigenvalue weighted by atomic mass is 10.0. The monoisotopic (exact) mass is 390 g/mol. The molecular weight excluding hydrogens is 365 g/mol. The number of methoxy groups -OCH3 is 1. The van der Waals surface area contributed by atoms with Gasteiger partial charge in [-0.1, -0.05) is 74.5 Å². The average molecular weight is 390 g/mol. The van der Waals surface area contributed by atoms with Gasteiger partial charge in [0.15, 0.2) is 0 Å². The van der Waals surface area contributed by atoms with Gasteiger partial charge in [0.25, 0.3) is 0 Å². The van der Waals surface area contributed by atoms with Gasteiger partial charge in [-0.25, -0.2) is 4.79 Å². The normalized spacial score (nSPS) is 13.3. The van der Waals surface area contributed by atoms with Crippen LogP contribution in [0.25, 0.3) is 0 Å². The van der Waals surface area contributed by atoms with Crippen LogP contribution in [0.4, 0.5) is 8.78 Å². The highest BCUT2D eigenvalue weighted by atomic mass is 127. The molecule has 0 aromatic heterocycles. The summed E-state index contributed by atoms with van der Waals surface area (Å²) >= 11 is 2.00. The van der Waals surface area contributed by atoms with Gasteiger partial charge in [0.1, 0.15) is 0 Å². The Labute approximate surface area is 128 Å². The van der Waals surface area contributed by atoms with Gasteiger partial charge in [0.2, 0.25) is 0 Å². The maximum absolute atomic E-state index is 13.3. The molecule has 0 saturated heterocycles. The Bertz CT molecular complexity index is 248. The minimum absolute atomic E-state index is 0.178. The molecule has 0 aromatic rings. The molecule has 1 unspecified atom stereocenters. The van der Waals surface area contributed by atoms with Crippen molar-refractivity contribution in [1.29, 1.82) is 0 Å². The SMILES string of the molecule is CCCCCCCCCC(I)CC(F)(F)C(=O)OC. The molecule has 5 heteroatoms. The number of unbranched alkanes of at least 4 members (excludes halogenated alkanes) is 6. The van der Waals surface area contributed by atoms with Gasteiger partial charge in [-0.2, -0.15) is 8.78 Å². The Morgan fingerprint density at radius 3 is 2.21 bits per heavy atom. The Balaban J connectivity index is 3.64.